The number of nitrogens with zero attached hydrogens (tertiary/aromatic N) is 4. The van der Waals surface area contributed by atoms with Crippen molar-refractivity contribution in [2.24, 2.45) is 0 Å². The summed E-state index contributed by atoms with van der Waals surface area (Å²) < 4.78 is 5.78. The molecule has 3 aromatic rings. The monoisotopic (exact) mass is 359 g/mol. The maximum Gasteiger partial charge on any atom is 0.259 e. The maximum atomic E-state index is 12.4. The predicted molar refractivity (Wildman–Crippen MR) is 101 cm³/mol. The molecule has 0 atom stereocenters. The van der Waals surface area contributed by atoms with Gasteiger partial charge in [-0.15, -0.1) is 0 Å². The van der Waals surface area contributed by atoms with Crippen molar-refractivity contribution in [2.75, 3.05) is 18.9 Å². The Hall–Kier alpha value is -3.92. The molecule has 1 amide bonds. The summed E-state index contributed by atoms with van der Waals surface area (Å²) in [5, 5.41) is 11.9. The second-order valence-electron chi connectivity index (χ2n) is 5.64. The highest BCUT2D eigenvalue weighted by atomic mass is 16.5. The van der Waals surface area contributed by atoms with E-state index in [9.17, 15) is 4.79 Å². The van der Waals surface area contributed by atoms with Crippen molar-refractivity contribution in [1.29, 1.82) is 5.26 Å². The molecule has 0 spiro atoms. The number of hydrogen-bond acceptors (Lipinski definition) is 6. The largest absolute Gasteiger partial charge is 0.438 e. The fourth-order valence-corrected chi connectivity index (χ4v) is 2.32. The van der Waals surface area contributed by atoms with Gasteiger partial charge in [0.25, 0.3) is 5.91 Å². The van der Waals surface area contributed by atoms with Gasteiger partial charge in [0.1, 0.15) is 23.7 Å². The van der Waals surface area contributed by atoms with Gasteiger partial charge in [0.05, 0.1) is 6.07 Å². The molecule has 1 aromatic carbocycles. The quantitative estimate of drug-likeness (QED) is 0.676. The van der Waals surface area contributed by atoms with E-state index >= 15 is 0 Å². The van der Waals surface area contributed by atoms with Gasteiger partial charge in [-0.25, -0.2) is 9.97 Å². The number of aromatic nitrogens is 2. The van der Waals surface area contributed by atoms with Crippen LogP contribution < -0.4 is 10.1 Å². The van der Waals surface area contributed by atoms with Gasteiger partial charge >= 0.3 is 0 Å². The number of ether oxygens (including phenoxy) is 1. The summed E-state index contributed by atoms with van der Waals surface area (Å²) in [6.07, 6.45) is 3.26. The first-order valence-electron chi connectivity index (χ1n) is 8.21. The third-order valence-electron chi connectivity index (χ3n) is 3.66. The van der Waals surface area contributed by atoms with Gasteiger partial charge in [0, 0.05) is 25.1 Å². The molecule has 0 unspecified atom stereocenters. The molecule has 1 N–H and O–H groups in total. The highest BCUT2D eigenvalue weighted by Gasteiger charge is 2.18. The lowest BCUT2D eigenvalue weighted by Gasteiger charge is -2.15. The summed E-state index contributed by atoms with van der Waals surface area (Å²) in [5.74, 6) is 1.15. The van der Waals surface area contributed by atoms with Crippen molar-refractivity contribution in [1.82, 2.24) is 14.9 Å². The van der Waals surface area contributed by atoms with Crippen molar-refractivity contribution >= 4 is 17.4 Å². The zero-order chi connectivity index (χ0) is 19.1. The van der Waals surface area contributed by atoms with E-state index in [2.05, 4.69) is 15.3 Å². The summed E-state index contributed by atoms with van der Waals surface area (Å²) in [7, 11) is 1.56. The molecule has 0 aliphatic rings. The van der Waals surface area contributed by atoms with Gasteiger partial charge in [-0.2, -0.15) is 5.26 Å². The fourth-order valence-electron chi connectivity index (χ4n) is 2.32. The normalized spacial score (nSPS) is 9.93. The van der Waals surface area contributed by atoms with Crippen LogP contribution in [0.25, 0.3) is 0 Å². The topological polar surface area (TPSA) is 91.1 Å². The first kappa shape index (κ1) is 17.9. The number of anilines is 2. The lowest BCUT2D eigenvalue weighted by Crippen LogP contribution is -2.27. The summed E-state index contributed by atoms with van der Waals surface area (Å²) in [5.41, 5.74) is 1.15. The summed E-state index contributed by atoms with van der Waals surface area (Å²) in [6.45, 7) is -0.0128. The van der Waals surface area contributed by atoms with Crippen LogP contribution in [-0.2, 0) is 0 Å². The number of nitriles is 1. The summed E-state index contributed by atoms with van der Waals surface area (Å²) >= 11 is 0. The van der Waals surface area contributed by atoms with Crippen molar-refractivity contribution in [3.05, 3.63) is 72.6 Å². The first-order chi connectivity index (χ1) is 13.2. The molecule has 0 saturated carbocycles. The molecule has 2 heterocycles. The minimum atomic E-state index is -0.326. The summed E-state index contributed by atoms with van der Waals surface area (Å²) in [6, 6.07) is 18.1. The second-order valence-corrected chi connectivity index (χ2v) is 5.64. The summed E-state index contributed by atoms with van der Waals surface area (Å²) in [4.78, 5) is 22.1. The Kier molecular flexibility index (Phi) is 5.60. The Morgan fingerprint density at radius 1 is 1.11 bits per heavy atom. The van der Waals surface area contributed by atoms with E-state index in [0.717, 1.165) is 11.5 Å². The van der Waals surface area contributed by atoms with E-state index in [0.29, 0.717) is 11.3 Å². The Morgan fingerprint density at radius 2 is 1.89 bits per heavy atom. The lowest BCUT2D eigenvalue weighted by molar-refractivity contribution is 0.0808. The molecule has 0 fully saturated rings. The van der Waals surface area contributed by atoms with Crippen molar-refractivity contribution in [3.63, 3.8) is 0 Å². The van der Waals surface area contributed by atoms with Crippen LogP contribution in [0.4, 0.5) is 11.5 Å². The number of rotatable bonds is 6. The lowest BCUT2D eigenvalue weighted by atomic mass is 10.2. The van der Waals surface area contributed by atoms with Crippen LogP contribution in [0.1, 0.15) is 10.4 Å². The molecule has 0 aliphatic carbocycles. The van der Waals surface area contributed by atoms with Crippen LogP contribution in [0.5, 0.6) is 11.6 Å². The average molecular weight is 359 g/mol. The highest BCUT2D eigenvalue weighted by Crippen LogP contribution is 2.25. The van der Waals surface area contributed by atoms with E-state index in [4.69, 9.17) is 10.00 Å². The molecular weight excluding hydrogens is 342 g/mol. The van der Waals surface area contributed by atoms with Gasteiger partial charge in [-0.05, 0) is 48.5 Å². The third-order valence-corrected chi connectivity index (χ3v) is 3.66. The first-order valence-corrected chi connectivity index (χ1v) is 8.21. The number of carbonyl (C=O) groups is 1. The number of benzene rings is 1. The van der Waals surface area contributed by atoms with Gasteiger partial charge in [-0.3, -0.25) is 4.79 Å². The van der Waals surface area contributed by atoms with Crippen LogP contribution in [0.2, 0.25) is 0 Å². The van der Waals surface area contributed by atoms with Crippen molar-refractivity contribution < 1.29 is 9.53 Å². The van der Waals surface area contributed by atoms with Crippen LogP contribution in [0.15, 0.2) is 67.0 Å². The Bertz CT molecular complexity index is 952. The molecule has 0 saturated heterocycles. The predicted octanol–water partition coefficient (Wildman–Crippen LogP) is 3.61. The van der Waals surface area contributed by atoms with E-state index < -0.39 is 0 Å². The molecule has 3 rings (SSSR count). The Morgan fingerprint density at radius 3 is 2.59 bits per heavy atom. The molecule has 0 bridgehead atoms. The van der Waals surface area contributed by atoms with E-state index in [1.165, 1.54) is 4.90 Å². The zero-order valence-electron chi connectivity index (χ0n) is 14.7. The Labute approximate surface area is 156 Å². The Balaban J connectivity index is 1.74. The number of amides is 1. The van der Waals surface area contributed by atoms with E-state index in [1.54, 1.807) is 43.7 Å². The van der Waals surface area contributed by atoms with Crippen LogP contribution in [-0.4, -0.2) is 34.4 Å². The number of carbonyl (C=O) groups excluding carboxylic acids is 1. The molecule has 0 aliphatic heterocycles. The minimum absolute atomic E-state index is 0.0128. The molecular formula is C20H17N5O2. The van der Waals surface area contributed by atoms with Gasteiger partial charge in [-0.1, -0.05) is 6.07 Å². The smallest absolute Gasteiger partial charge is 0.259 e. The zero-order valence-corrected chi connectivity index (χ0v) is 14.7. The van der Waals surface area contributed by atoms with Crippen LogP contribution in [0, 0.1) is 11.3 Å². The molecule has 2 aromatic heterocycles. The van der Waals surface area contributed by atoms with Crippen molar-refractivity contribution in [3.8, 4) is 17.7 Å². The van der Waals surface area contributed by atoms with Crippen LogP contribution in [0.3, 0.4) is 0 Å². The van der Waals surface area contributed by atoms with Gasteiger partial charge in [0.15, 0.2) is 0 Å². The molecule has 134 valence electrons. The van der Waals surface area contributed by atoms with Crippen LogP contribution >= 0.6 is 0 Å². The highest BCUT2D eigenvalue weighted by molar-refractivity contribution is 5.96. The SMILES string of the molecule is CN(CC#N)C(=O)c1cccnc1Oc1ccc(Nc2ccccn2)cc1. The minimum Gasteiger partial charge on any atom is -0.438 e. The van der Waals surface area contributed by atoms with Gasteiger partial charge in [0.2, 0.25) is 5.88 Å². The number of pyridine rings is 2. The molecule has 0 radical (unpaired) electrons. The molecule has 7 nitrogen and oxygen atoms in total. The van der Waals surface area contributed by atoms with E-state index in [-0.39, 0.29) is 18.3 Å². The van der Waals surface area contributed by atoms with Crippen molar-refractivity contribution in [2.45, 2.75) is 0 Å². The number of hydrogen-bond donors (Lipinski definition) is 1. The second kappa shape index (κ2) is 8.45. The van der Waals surface area contributed by atoms with Gasteiger partial charge < -0.3 is 15.0 Å². The number of nitrogens with one attached hydrogen (secondary N) is 1. The molecule has 7 heteroatoms. The fraction of sp³-hybridized carbons (Fsp3) is 0.100. The third kappa shape index (κ3) is 4.58. The average Bonchev–Trinajstić information content (AvgIpc) is 2.70. The van der Waals surface area contributed by atoms with E-state index in [1.807, 2.05) is 36.4 Å². The standard InChI is InChI=1S/C20H17N5O2/c1-25(14-11-21)20(26)17-5-4-13-23-19(17)27-16-9-7-15(8-10-16)24-18-6-2-3-12-22-18/h2-10,12-13H,14H2,1H3,(H,22,24). The molecule has 27 heavy (non-hydrogen) atoms. The maximum absolute atomic E-state index is 12.4.